The van der Waals surface area contributed by atoms with E-state index in [0.29, 0.717) is 19.3 Å². The summed E-state index contributed by atoms with van der Waals surface area (Å²) in [6, 6.07) is 0. The fraction of sp³-hybridized carbons (Fsp3) is 1.00. The Balaban J connectivity index is 2.70. The van der Waals surface area contributed by atoms with Gasteiger partial charge in [0, 0.05) is 5.92 Å². The van der Waals surface area contributed by atoms with E-state index >= 15 is 0 Å². The summed E-state index contributed by atoms with van der Waals surface area (Å²) in [5.41, 5.74) is -1.29. The van der Waals surface area contributed by atoms with Gasteiger partial charge in [-0.15, -0.1) is 0 Å². The number of aliphatic hydroxyl groups excluding tert-OH is 3. The summed E-state index contributed by atoms with van der Waals surface area (Å²) in [7, 11) is 0. The normalized spacial score (nSPS) is 43.0. The monoisotopic (exact) mass is 176 g/mol. The van der Waals surface area contributed by atoms with Crippen molar-refractivity contribution in [3.63, 3.8) is 0 Å². The predicted octanol–water partition coefficient (Wildman–Crippen LogP) is -1.14. The summed E-state index contributed by atoms with van der Waals surface area (Å²) >= 11 is 0. The molecule has 72 valence electrons. The molecule has 3 atom stereocenters. The Hall–Kier alpha value is -0.160. The average molecular weight is 176 g/mol. The average Bonchev–Trinajstić information content (AvgIpc) is 2.05. The third-order valence-corrected chi connectivity index (χ3v) is 2.73. The van der Waals surface area contributed by atoms with Crippen molar-refractivity contribution in [3.05, 3.63) is 0 Å². The maximum atomic E-state index is 9.74. The Labute approximate surface area is 71.5 Å². The van der Waals surface area contributed by atoms with E-state index in [0.717, 1.165) is 0 Å². The minimum Gasteiger partial charge on any atom is -0.396 e. The topological polar surface area (TPSA) is 80.9 Å². The molecule has 1 saturated carbocycles. The van der Waals surface area contributed by atoms with Crippen molar-refractivity contribution in [2.75, 3.05) is 13.2 Å². The molecule has 0 aromatic rings. The highest BCUT2D eigenvalue weighted by Gasteiger charge is 2.42. The molecule has 0 aromatic heterocycles. The standard InChI is InChI=1S/C8H16O4/c9-4-6-7(11)2-1-3-8(6,12)5-10/h6-7,9-12H,1-5H2. The predicted molar refractivity (Wildman–Crippen MR) is 42.5 cm³/mol. The van der Waals surface area contributed by atoms with Crippen LogP contribution in [0.2, 0.25) is 0 Å². The first-order valence-corrected chi connectivity index (χ1v) is 4.26. The molecule has 4 N–H and O–H groups in total. The SMILES string of the molecule is OCC1C(O)CCCC1(O)CO. The summed E-state index contributed by atoms with van der Waals surface area (Å²) in [6.07, 6.45) is 1.04. The zero-order valence-electron chi connectivity index (χ0n) is 6.98. The molecule has 3 unspecified atom stereocenters. The van der Waals surface area contributed by atoms with Gasteiger partial charge in [0.25, 0.3) is 0 Å². The van der Waals surface area contributed by atoms with Crippen LogP contribution in [0.25, 0.3) is 0 Å². The van der Waals surface area contributed by atoms with Crippen molar-refractivity contribution < 1.29 is 20.4 Å². The fourth-order valence-corrected chi connectivity index (χ4v) is 1.85. The highest BCUT2D eigenvalue weighted by Crippen LogP contribution is 2.33. The van der Waals surface area contributed by atoms with Gasteiger partial charge in [0.2, 0.25) is 0 Å². The molecule has 0 aromatic carbocycles. The molecule has 0 amide bonds. The van der Waals surface area contributed by atoms with Gasteiger partial charge in [0.15, 0.2) is 0 Å². The lowest BCUT2D eigenvalue weighted by Crippen LogP contribution is -2.51. The zero-order chi connectivity index (χ0) is 9.19. The molecule has 1 rings (SSSR count). The number of rotatable bonds is 2. The molecule has 1 fully saturated rings. The first-order chi connectivity index (χ1) is 5.64. The lowest BCUT2D eigenvalue weighted by Gasteiger charge is -2.40. The smallest absolute Gasteiger partial charge is 0.0951 e. The highest BCUT2D eigenvalue weighted by molar-refractivity contribution is 4.93. The molecule has 0 aliphatic heterocycles. The third-order valence-electron chi connectivity index (χ3n) is 2.73. The molecule has 4 nitrogen and oxygen atoms in total. The van der Waals surface area contributed by atoms with Gasteiger partial charge in [-0.25, -0.2) is 0 Å². The Morgan fingerprint density at radius 2 is 2.00 bits per heavy atom. The van der Waals surface area contributed by atoms with Crippen LogP contribution in [0.1, 0.15) is 19.3 Å². The first kappa shape index (κ1) is 9.92. The van der Waals surface area contributed by atoms with E-state index in [1.807, 2.05) is 0 Å². The highest BCUT2D eigenvalue weighted by atomic mass is 16.3. The van der Waals surface area contributed by atoms with E-state index in [1.54, 1.807) is 0 Å². The molecule has 1 aliphatic carbocycles. The second-order valence-corrected chi connectivity index (χ2v) is 3.51. The van der Waals surface area contributed by atoms with Crippen LogP contribution in [-0.2, 0) is 0 Å². The number of aliphatic hydroxyl groups is 4. The summed E-state index contributed by atoms with van der Waals surface area (Å²) < 4.78 is 0. The molecular formula is C8H16O4. The minimum atomic E-state index is -1.29. The summed E-state index contributed by atoms with van der Waals surface area (Å²) in [4.78, 5) is 0. The van der Waals surface area contributed by atoms with Crippen LogP contribution in [0, 0.1) is 5.92 Å². The van der Waals surface area contributed by atoms with Gasteiger partial charge < -0.3 is 20.4 Å². The Morgan fingerprint density at radius 3 is 2.42 bits per heavy atom. The lowest BCUT2D eigenvalue weighted by molar-refractivity contribution is -0.141. The molecule has 0 heterocycles. The van der Waals surface area contributed by atoms with Crippen LogP contribution in [-0.4, -0.2) is 45.3 Å². The number of hydrogen-bond donors (Lipinski definition) is 4. The van der Waals surface area contributed by atoms with E-state index in [-0.39, 0.29) is 6.61 Å². The van der Waals surface area contributed by atoms with Crippen molar-refractivity contribution in [2.24, 2.45) is 5.92 Å². The Bertz CT molecular complexity index is 150. The molecule has 4 heteroatoms. The molecule has 1 aliphatic rings. The first-order valence-electron chi connectivity index (χ1n) is 4.26. The second kappa shape index (κ2) is 3.70. The van der Waals surface area contributed by atoms with E-state index < -0.39 is 24.2 Å². The molecular weight excluding hydrogens is 160 g/mol. The largest absolute Gasteiger partial charge is 0.396 e. The molecule has 0 radical (unpaired) electrons. The van der Waals surface area contributed by atoms with Gasteiger partial charge in [-0.2, -0.15) is 0 Å². The lowest BCUT2D eigenvalue weighted by atomic mass is 9.74. The Morgan fingerprint density at radius 1 is 1.33 bits per heavy atom. The molecule has 0 bridgehead atoms. The number of hydrogen-bond acceptors (Lipinski definition) is 4. The molecule has 0 saturated heterocycles. The van der Waals surface area contributed by atoms with Crippen LogP contribution in [0.4, 0.5) is 0 Å². The summed E-state index contributed by atoms with van der Waals surface area (Å²) in [5, 5.41) is 36.9. The van der Waals surface area contributed by atoms with Crippen LogP contribution >= 0.6 is 0 Å². The summed E-state index contributed by atoms with van der Waals surface area (Å²) in [5.74, 6) is -0.601. The fourth-order valence-electron chi connectivity index (χ4n) is 1.85. The van der Waals surface area contributed by atoms with Crippen LogP contribution in [0.5, 0.6) is 0 Å². The van der Waals surface area contributed by atoms with Gasteiger partial charge in [0.1, 0.15) is 0 Å². The van der Waals surface area contributed by atoms with Crippen LogP contribution in [0.3, 0.4) is 0 Å². The molecule has 0 spiro atoms. The van der Waals surface area contributed by atoms with Crippen LogP contribution < -0.4 is 0 Å². The van der Waals surface area contributed by atoms with E-state index in [2.05, 4.69) is 0 Å². The quantitative estimate of drug-likeness (QED) is 0.429. The second-order valence-electron chi connectivity index (χ2n) is 3.51. The minimum absolute atomic E-state index is 0.280. The maximum absolute atomic E-state index is 9.74. The van der Waals surface area contributed by atoms with Crippen molar-refractivity contribution in [2.45, 2.75) is 31.0 Å². The van der Waals surface area contributed by atoms with E-state index in [4.69, 9.17) is 10.2 Å². The maximum Gasteiger partial charge on any atom is 0.0951 e. The van der Waals surface area contributed by atoms with E-state index in [1.165, 1.54) is 0 Å². The third kappa shape index (κ3) is 1.61. The van der Waals surface area contributed by atoms with Gasteiger partial charge in [-0.3, -0.25) is 0 Å². The van der Waals surface area contributed by atoms with Gasteiger partial charge >= 0.3 is 0 Å². The van der Waals surface area contributed by atoms with Gasteiger partial charge in [-0.05, 0) is 19.3 Å². The summed E-state index contributed by atoms with van der Waals surface area (Å²) in [6.45, 7) is -0.673. The van der Waals surface area contributed by atoms with Crippen molar-refractivity contribution >= 4 is 0 Å². The molecule has 12 heavy (non-hydrogen) atoms. The van der Waals surface area contributed by atoms with Crippen molar-refractivity contribution in [1.29, 1.82) is 0 Å². The Kier molecular flexibility index (Phi) is 3.06. The van der Waals surface area contributed by atoms with E-state index in [9.17, 15) is 10.2 Å². The van der Waals surface area contributed by atoms with Gasteiger partial charge in [-0.1, -0.05) is 0 Å². The zero-order valence-corrected chi connectivity index (χ0v) is 6.98. The van der Waals surface area contributed by atoms with Crippen LogP contribution in [0.15, 0.2) is 0 Å². The van der Waals surface area contributed by atoms with Gasteiger partial charge in [0.05, 0.1) is 24.9 Å². The van der Waals surface area contributed by atoms with Crippen molar-refractivity contribution in [1.82, 2.24) is 0 Å². The van der Waals surface area contributed by atoms with Crippen molar-refractivity contribution in [3.8, 4) is 0 Å².